The molecular weight excluding hydrogens is 912 g/mol. The standard InChI is InChI=1S/C43H47FN12O10.2C2H6/c1-7-26-34(64-23(4)47-26)38(60)51-40-49-28-15-25(36(46)58)17-31-33(28)55(40)12-10-9-11-54-32-27(48-39(54)50-37(59)29-13-22(3)52-56(29)8-2)14-24(35(45)57)16-30(32)62-20-43(21-63-31)18-53(19-43)41(61)65-42(5,6)66-44;2*1-2/h9-10,13-17H,7-8,11-12,18-21H2,1-6H3,(H2,45,57)(H2,46,58)(H,48,50,59)(H,49,51,60);2*1-2H3/b10-9+;;. The first kappa shape index (κ1) is 51.6. The molecule has 23 heteroatoms. The maximum Gasteiger partial charge on any atom is 0.412 e. The van der Waals surface area contributed by atoms with Crippen LogP contribution in [0.3, 0.4) is 0 Å². The number of carbonyl (C=O) groups is 5. The van der Waals surface area contributed by atoms with E-state index in [0.29, 0.717) is 41.3 Å². The summed E-state index contributed by atoms with van der Waals surface area (Å²) in [7, 11) is 0. The van der Waals surface area contributed by atoms with Crippen LogP contribution in [0.5, 0.6) is 11.5 Å². The van der Waals surface area contributed by atoms with Crippen molar-refractivity contribution in [2.45, 2.75) is 101 Å². The highest BCUT2D eigenvalue weighted by Crippen LogP contribution is 2.39. The molecule has 0 atom stereocenters. The van der Waals surface area contributed by atoms with Gasteiger partial charge < -0.3 is 44.1 Å². The number of allylic oxidation sites excluding steroid dienone is 2. The van der Waals surface area contributed by atoms with Gasteiger partial charge in [0.2, 0.25) is 35.3 Å². The summed E-state index contributed by atoms with van der Waals surface area (Å²) in [6.07, 6.45) is 3.10. The van der Waals surface area contributed by atoms with Crippen LogP contribution in [-0.2, 0) is 35.7 Å². The van der Waals surface area contributed by atoms with Crippen molar-refractivity contribution in [1.29, 1.82) is 0 Å². The van der Waals surface area contributed by atoms with E-state index in [-0.39, 0.29) is 96.4 Å². The first-order valence-electron chi connectivity index (χ1n) is 22.9. The smallest absolute Gasteiger partial charge is 0.412 e. The quantitative estimate of drug-likeness (QED) is 0.0829. The Labute approximate surface area is 402 Å². The highest BCUT2D eigenvalue weighted by molar-refractivity contribution is 6.05. The normalized spacial score (nSPS) is 14.6. The Bertz CT molecular complexity index is 2800. The molecule has 6 N–H and O–H groups in total. The number of benzene rings is 2. The van der Waals surface area contributed by atoms with Gasteiger partial charge in [-0.15, -0.1) is 4.94 Å². The van der Waals surface area contributed by atoms with Crippen LogP contribution in [0.25, 0.3) is 22.1 Å². The molecule has 1 spiro atoms. The molecule has 0 radical (unpaired) electrons. The lowest BCUT2D eigenvalue weighted by molar-refractivity contribution is -0.310. The van der Waals surface area contributed by atoms with E-state index in [9.17, 15) is 28.5 Å². The largest absolute Gasteiger partial charge is 0.490 e. The second-order valence-electron chi connectivity index (χ2n) is 16.5. The van der Waals surface area contributed by atoms with Crippen molar-refractivity contribution in [3.8, 4) is 11.5 Å². The Morgan fingerprint density at radius 3 is 1.77 bits per heavy atom. The Kier molecular flexibility index (Phi) is 15.6. The van der Waals surface area contributed by atoms with E-state index in [1.807, 2.05) is 41.5 Å². The molecule has 22 nitrogen and oxygen atoms in total. The van der Waals surface area contributed by atoms with Gasteiger partial charge in [0, 0.05) is 64.6 Å². The number of primary amides is 2. The lowest BCUT2D eigenvalue weighted by Gasteiger charge is -2.48. The summed E-state index contributed by atoms with van der Waals surface area (Å²) >= 11 is 0. The fourth-order valence-corrected chi connectivity index (χ4v) is 7.92. The van der Waals surface area contributed by atoms with Crippen molar-refractivity contribution >= 4 is 63.7 Å². The lowest BCUT2D eigenvalue weighted by atomic mass is 9.81. The molecular formula is C47H59FN12O10. The van der Waals surface area contributed by atoms with Crippen LogP contribution in [0.4, 0.5) is 21.2 Å². The van der Waals surface area contributed by atoms with Crippen molar-refractivity contribution in [1.82, 2.24) is 38.8 Å². The highest BCUT2D eigenvalue weighted by atomic mass is 19.3. The lowest BCUT2D eigenvalue weighted by Crippen LogP contribution is -2.64. The van der Waals surface area contributed by atoms with E-state index in [1.54, 1.807) is 45.9 Å². The molecule has 1 fully saturated rings. The molecule has 6 aromatic rings. The van der Waals surface area contributed by atoms with Gasteiger partial charge in [0.1, 0.15) is 41.4 Å². The molecule has 0 aliphatic carbocycles. The third-order valence-electron chi connectivity index (χ3n) is 11.1. The monoisotopic (exact) mass is 970 g/mol. The van der Waals surface area contributed by atoms with Crippen LogP contribution >= 0.6 is 0 Å². The summed E-state index contributed by atoms with van der Waals surface area (Å²) in [4.78, 5) is 85.2. The minimum Gasteiger partial charge on any atom is -0.490 e. The van der Waals surface area contributed by atoms with Crippen LogP contribution in [0, 0.1) is 19.3 Å². The minimum atomic E-state index is -1.89. The van der Waals surface area contributed by atoms with Crippen molar-refractivity contribution in [3.63, 3.8) is 0 Å². The highest BCUT2D eigenvalue weighted by Gasteiger charge is 2.49. The number of nitrogens with one attached hydrogen (secondary N) is 2. The molecule has 70 heavy (non-hydrogen) atoms. The zero-order valence-corrected chi connectivity index (χ0v) is 40.9. The molecule has 1 saturated heterocycles. The summed E-state index contributed by atoms with van der Waals surface area (Å²) in [6.45, 7) is 17.7. The number of anilines is 2. The molecule has 5 amide bonds. The first-order chi connectivity index (χ1) is 33.4. The SMILES string of the molecule is CC.CC.CCc1nc(C)oc1C(=O)Nc1nc2cc(C(N)=O)cc3c2n1C/C=C/Cn1c(NC(=O)c2cc(C)nn2CC)nc2cc(C(N)=O)cc(c21)OCC1(CO3)CN(C(=O)OC(C)(C)OF)C1. The van der Waals surface area contributed by atoms with Crippen LogP contribution in [0.2, 0.25) is 0 Å². The number of imidazole rings is 2. The number of hydrogen-bond donors (Lipinski definition) is 4. The number of likely N-dealkylation sites (tertiary alicyclic amines) is 1. The summed E-state index contributed by atoms with van der Waals surface area (Å²) in [5.41, 5.74) is 13.3. The average Bonchev–Trinajstić information content (AvgIpc) is 4.09. The molecule has 0 saturated carbocycles. The number of hydrogen-bond acceptors (Lipinski definition) is 14. The number of aryl methyl sites for hydroxylation is 4. The van der Waals surface area contributed by atoms with Gasteiger partial charge in [-0.3, -0.25) is 34.5 Å². The number of nitrogens with zero attached hydrogens (tertiary/aromatic N) is 8. The van der Waals surface area contributed by atoms with E-state index >= 15 is 0 Å². The second-order valence-corrected chi connectivity index (χ2v) is 16.5. The first-order valence-corrected chi connectivity index (χ1v) is 22.9. The number of aromatic nitrogens is 7. The molecule has 6 heterocycles. The Hall–Kier alpha value is -7.82. The van der Waals surface area contributed by atoms with Gasteiger partial charge in [-0.1, -0.05) is 46.8 Å². The minimum absolute atomic E-state index is 0.00214. The fourth-order valence-electron chi connectivity index (χ4n) is 7.92. The van der Waals surface area contributed by atoms with Crippen LogP contribution in [-0.4, -0.2) is 101 Å². The van der Waals surface area contributed by atoms with Gasteiger partial charge in [-0.2, -0.15) is 5.10 Å². The number of rotatable bonds is 10. The van der Waals surface area contributed by atoms with Crippen molar-refractivity contribution in [2.24, 2.45) is 16.9 Å². The molecule has 2 aliphatic rings. The van der Waals surface area contributed by atoms with E-state index in [2.05, 4.69) is 25.7 Å². The molecule has 4 aromatic heterocycles. The average molecular weight is 971 g/mol. The molecule has 2 aliphatic heterocycles. The van der Waals surface area contributed by atoms with E-state index in [0.717, 1.165) is 0 Å². The zero-order chi connectivity index (χ0) is 51.2. The summed E-state index contributed by atoms with van der Waals surface area (Å²) in [5, 5.41) is 10.1. The Balaban J connectivity index is 0.00000196. The number of ether oxygens (including phenoxy) is 3. The number of carbonyl (C=O) groups excluding carboxylic acids is 5. The maximum atomic E-state index is 13.9. The molecule has 8 rings (SSSR count). The van der Waals surface area contributed by atoms with E-state index < -0.39 is 40.9 Å². The van der Waals surface area contributed by atoms with E-state index in [4.69, 9.17) is 40.1 Å². The van der Waals surface area contributed by atoms with Gasteiger partial charge in [-0.25, -0.2) is 19.7 Å². The van der Waals surface area contributed by atoms with Crippen molar-refractivity contribution in [2.75, 3.05) is 36.9 Å². The van der Waals surface area contributed by atoms with Gasteiger partial charge in [0.05, 0.1) is 27.8 Å². The van der Waals surface area contributed by atoms with Gasteiger partial charge in [0.25, 0.3) is 11.8 Å². The summed E-state index contributed by atoms with van der Waals surface area (Å²) in [5.74, 6) is -3.79. The number of nitrogens with two attached hydrogens (primary N) is 2. The molecule has 0 unspecified atom stereocenters. The van der Waals surface area contributed by atoms with Crippen LogP contribution in [0.1, 0.15) is 114 Å². The van der Waals surface area contributed by atoms with Crippen molar-refractivity contribution < 1.29 is 52.1 Å². The third-order valence-corrected chi connectivity index (χ3v) is 11.1. The Morgan fingerprint density at radius 2 is 1.30 bits per heavy atom. The molecule has 374 valence electrons. The zero-order valence-electron chi connectivity index (χ0n) is 40.9. The Morgan fingerprint density at radius 1 is 0.786 bits per heavy atom. The fraction of sp³-hybridized carbons (Fsp3) is 0.426. The topological polar surface area (TPSA) is 281 Å². The van der Waals surface area contributed by atoms with Gasteiger partial charge in [0.15, 0.2) is 5.89 Å². The number of amides is 5. The molecule has 0 bridgehead atoms. The van der Waals surface area contributed by atoms with Gasteiger partial charge >= 0.3 is 6.09 Å². The maximum absolute atomic E-state index is 13.9. The third kappa shape index (κ3) is 10.6. The number of halogens is 1. The molecule has 2 aromatic carbocycles. The van der Waals surface area contributed by atoms with Crippen LogP contribution in [0.15, 0.2) is 46.9 Å². The predicted octanol–water partition coefficient (Wildman–Crippen LogP) is 6.63. The van der Waals surface area contributed by atoms with E-state index in [1.165, 1.54) is 43.0 Å². The van der Waals surface area contributed by atoms with Crippen molar-refractivity contribution in [3.05, 3.63) is 82.3 Å². The van der Waals surface area contributed by atoms with Crippen LogP contribution < -0.4 is 31.6 Å². The summed E-state index contributed by atoms with van der Waals surface area (Å²) < 4.78 is 42.2. The summed E-state index contributed by atoms with van der Waals surface area (Å²) in [6, 6.07) is 7.50. The predicted molar refractivity (Wildman–Crippen MR) is 255 cm³/mol. The second kappa shape index (κ2) is 21.2. The number of oxazole rings is 1. The van der Waals surface area contributed by atoms with Gasteiger partial charge in [-0.05, 0) is 55.1 Å².